The van der Waals surface area contributed by atoms with E-state index in [9.17, 15) is 10.2 Å². The summed E-state index contributed by atoms with van der Waals surface area (Å²) in [5, 5.41) is 22.7. The van der Waals surface area contributed by atoms with Gasteiger partial charge in [-0.1, -0.05) is 26.8 Å². The Morgan fingerprint density at radius 2 is 2.00 bits per heavy atom. The molecule has 11 heteroatoms. The molecule has 2 aliphatic carbocycles. The molecule has 4 heterocycles. The highest BCUT2D eigenvalue weighted by Crippen LogP contribution is 2.59. The van der Waals surface area contributed by atoms with Crippen LogP contribution >= 0.6 is 0 Å². The number of aromatic nitrogens is 6. The van der Waals surface area contributed by atoms with Crippen molar-refractivity contribution >= 4 is 28.0 Å². The minimum atomic E-state index is -1.37. The van der Waals surface area contributed by atoms with Crippen LogP contribution in [0, 0.1) is 5.92 Å². The number of H-pyrrole nitrogens is 1. The second kappa shape index (κ2) is 9.70. The molecule has 7 rings (SSSR count). The number of nitrogens with zero attached hydrogens (tertiary/aromatic N) is 6. The molecule has 3 aliphatic rings. The van der Waals surface area contributed by atoms with Crippen LogP contribution in [0.5, 0.6) is 0 Å². The molecular formula is C31H42N8O3. The lowest BCUT2D eigenvalue weighted by Crippen LogP contribution is -2.53. The Balaban J connectivity index is 0.946. The number of hydrogen-bond acceptors (Lipinski definition) is 9. The number of hydrogen-bond donors (Lipinski definition) is 4. The predicted molar refractivity (Wildman–Crippen MR) is 160 cm³/mol. The minimum Gasteiger partial charge on any atom is -0.387 e. The van der Waals surface area contributed by atoms with Gasteiger partial charge >= 0.3 is 0 Å². The van der Waals surface area contributed by atoms with Gasteiger partial charge in [0.2, 0.25) is 0 Å². The Morgan fingerprint density at radius 3 is 2.69 bits per heavy atom. The van der Waals surface area contributed by atoms with Crippen molar-refractivity contribution in [2.24, 2.45) is 5.92 Å². The smallest absolute Gasteiger partial charge is 0.165 e. The summed E-state index contributed by atoms with van der Waals surface area (Å²) in [7, 11) is 0. The number of nitrogens with two attached hydrogens (primary N) is 1. The average Bonchev–Trinajstić information content (AvgIpc) is 3.28. The number of ether oxygens (including phenoxy) is 1. The number of aliphatic hydroxyl groups is 2. The first-order valence-corrected chi connectivity index (χ1v) is 15.2. The SMILES string of the molecule is CC(C)N(CC1O[C@H]2C(n3cnc4c(N)ncnc43)[C@@]2(O)[C@@H]1O)C1CC(CCc2nc3ccc(C(C)(C)C)cc3[nH]2)C1. The molecule has 1 saturated heterocycles. The first-order chi connectivity index (χ1) is 19.9. The Labute approximate surface area is 245 Å². The standard InChI is InChI=1S/C31H42N8O3/c1-16(2)38(19-10-17(11-19)6-9-23-36-20-8-7-18(30(3,4)5)12-21(20)37-23)13-22-26(40)31(41)25(27(31)42-22)39-15-35-24-28(32)33-14-34-29(24)39/h7-8,12,14-17,19,22,25-27,40-41H,6,9-11,13H2,1-5H3,(H,36,37)(H2,32,33,34)/t17?,19?,22?,25?,26-,27+,31-/m1/s1. The third kappa shape index (κ3) is 4.40. The van der Waals surface area contributed by atoms with Crippen LogP contribution in [0.2, 0.25) is 0 Å². The van der Waals surface area contributed by atoms with E-state index >= 15 is 0 Å². The van der Waals surface area contributed by atoms with Crippen molar-refractivity contribution in [3.05, 3.63) is 42.2 Å². The highest BCUT2D eigenvalue weighted by atomic mass is 16.6. The van der Waals surface area contributed by atoms with Crippen LogP contribution in [0.4, 0.5) is 5.82 Å². The summed E-state index contributed by atoms with van der Waals surface area (Å²) >= 11 is 0. The highest BCUT2D eigenvalue weighted by Gasteiger charge is 2.77. The fraction of sp³-hybridized carbons (Fsp3) is 0.613. The van der Waals surface area contributed by atoms with Crippen LogP contribution in [0.1, 0.15) is 71.3 Å². The number of anilines is 1. The van der Waals surface area contributed by atoms with Gasteiger partial charge < -0.3 is 30.2 Å². The minimum absolute atomic E-state index is 0.113. The zero-order valence-corrected chi connectivity index (χ0v) is 25.0. The summed E-state index contributed by atoms with van der Waals surface area (Å²) in [6.45, 7) is 11.7. The fourth-order valence-electron chi connectivity index (χ4n) is 7.20. The molecule has 5 atom stereocenters. The molecule has 4 aromatic rings. The first-order valence-electron chi connectivity index (χ1n) is 15.2. The maximum atomic E-state index is 11.4. The largest absolute Gasteiger partial charge is 0.387 e. The highest BCUT2D eigenvalue weighted by molar-refractivity contribution is 5.81. The van der Waals surface area contributed by atoms with E-state index in [1.54, 1.807) is 10.9 Å². The second-order valence-corrected chi connectivity index (χ2v) is 13.9. The quantitative estimate of drug-likeness (QED) is 0.249. The van der Waals surface area contributed by atoms with Crippen molar-refractivity contribution in [2.75, 3.05) is 12.3 Å². The molecule has 0 spiro atoms. The first kappa shape index (κ1) is 27.7. The van der Waals surface area contributed by atoms with Crippen molar-refractivity contribution in [1.82, 2.24) is 34.4 Å². The summed E-state index contributed by atoms with van der Waals surface area (Å²) in [5.74, 6) is 1.99. The molecule has 224 valence electrons. The van der Waals surface area contributed by atoms with Gasteiger partial charge in [-0.15, -0.1) is 0 Å². The average molecular weight is 575 g/mol. The number of fused-ring (bicyclic) bond motifs is 3. The molecule has 5 N–H and O–H groups in total. The zero-order chi connectivity index (χ0) is 29.6. The van der Waals surface area contributed by atoms with Gasteiger partial charge in [-0.2, -0.15) is 0 Å². The summed E-state index contributed by atoms with van der Waals surface area (Å²) in [5.41, 5.74) is 9.15. The molecule has 2 saturated carbocycles. The van der Waals surface area contributed by atoms with Crippen LogP contribution in [0.25, 0.3) is 22.2 Å². The van der Waals surface area contributed by atoms with Crippen molar-refractivity contribution in [3.63, 3.8) is 0 Å². The van der Waals surface area contributed by atoms with E-state index < -0.39 is 30.0 Å². The van der Waals surface area contributed by atoms with Gasteiger partial charge in [0.05, 0.1) is 29.5 Å². The van der Waals surface area contributed by atoms with Crippen molar-refractivity contribution in [2.45, 2.75) is 108 Å². The van der Waals surface area contributed by atoms with Gasteiger partial charge in [0.1, 0.15) is 35.5 Å². The fourth-order valence-corrected chi connectivity index (χ4v) is 7.20. The van der Waals surface area contributed by atoms with E-state index in [4.69, 9.17) is 15.5 Å². The van der Waals surface area contributed by atoms with Gasteiger partial charge in [-0.3, -0.25) is 4.90 Å². The van der Waals surface area contributed by atoms with E-state index in [1.165, 1.54) is 11.9 Å². The Morgan fingerprint density at radius 1 is 1.21 bits per heavy atom. The van der Waals surface area contributed by atoms with E-state index in [-0.39, 0.29) is 11.2 Å². The third-order valence-corrected chi connectivity index (χ3v) is 9.86. The third-order valence-electron chi connectivity index (χ3n) is 9.86. The molecule has 11 nitrogen and oxygen atoms in total. The van der Waals surface area contributed by atoms with Crippen LogP contribution in [-0.2, 0) is 16.6 Å². The lowest BCUT2D eigenvalue weighted by Gasteiger charge is -2.46. The second-order valence-electron chi connectivity index (χ2n) is 13.9. The topological polar surface area (TPSA) is 151 Å². The molecule has 42 heavy (non-hydrogen) atoms. The molecule has 2 unspecified atom stereocenters. The lowest BCUT2D eigenvalue weighted by molar-refractivity contribution is -0.0710. The number of rotatable bonds is 8. The number of aromatic amines is 1. The number of aryl methyl sites for hydroxylation is 1. The monoisotopic (exact) mass is 574 g/mol. The zero-order valence-electron chi connectivity index (χ0n) is 25.0. The molecule has 0 bridgehead atoms. The summed E-state index contributed by atoms with van der Waals surface area (Å²) in [6.07, 6.45) is 5.27. The Kier molecular flexibility index (Phi) is 6.40. The Hall–Kier alpha value is -3.12. The normalized spacial score (nSPS) is 30.9. The molecule has 3 aromatic heterocycles. The Bertz CT molecular complexity index is 1620. The lowest BCUT2D eigenvalue weighted by atomic mass is 9.76. The summed E-state index contributed by atoms with van der Waals surface area (Å²) < 4.78 is 8.03. The van der Waals surface area contributed by atoms with E-state index in [0.717, 1.165) is 42.5 Å². The molecular weight excluding hydrogens is 532 g/mol. The van der Waals surface area contributed by atoms with Gasteiger partial charge in [-0.25, -0.2) is 19.9 Å². The van der Waals surface area contributed by atoms with Crippen LogP contribution in [-0.4, -0.2) is 87.1 Å². The number of aliphatic hydroxyl groups excluding tert-OH is 1. The number of nitrogen functional groups attached to an aromatic ring is 1. The van der Waals surface area contributed by atoms with Crippen LogP contribution in [0.15, 0.2) is 30.9 Å². The van der Waals surface area contributed by atoms with Gasteiger partial charge in [-0.05, 0) is 62.1 Å². The maximum absolute atomic E-state index is 11.4. The number of nitrogens with one attached hydrogen (secondary N) is 1. The number of imidazole rings is 2. The van der Waals surface area contributed by atoms with Gasteiger partial charge in [0.15, 0.2) is 11.5 Å². The summed E-state index contributed by atoms with van der Waals surface area (Å²) in [4.78, 5) is 23.4. The van der Waals surface area contributed by atoms with Gasteiger partial charge in [0, 0.05) is 25.0 Å². The van der Waals surface area contributed by atoms with Crippen LogP contribution < -0.4 is 5.73 Å². The van der Waals surface area contributed by atoms with E-state index in [0.29, 0.717) is 35.7 Å². The van der Waals surface area contributed by atoms with E-state index in [1.807, 2.05) is 0 Å². The van der Waals surface area contributed by atoms with Crippen molar-refractivity contribution in [1.29, 1.82) is 0 Å². The van der Waals surface area contributed by atoms with E-state index in [2.05, 4.69) is 77.7 Å². The van der Waals surface area contributed by atoms with Crippen molar-refractivity contribution in [3.8, 4) is 0 Å². The summed E-state index contributed by atoms with van der Waals surface area (Å²) in [6, 6.07) is 6.83. The van der Waals surface area contributed by atoms with Crippen LogP contribution in [0.3, 0.4) is 0 Å². The van der Waals surface area contributed by atoms with Gasteiger partial charge in [0.25, 0.3) is 0 Å². The number of benzene rings is 1. The molecule has 1 aliphatic heterocycles. The maximum Gasteiger partial charge on any atom is 0.165 e. The molecule has 0 amide bonds. The molecule has 1 aromatic carbocycles. The predicted octanol–water partition coefficient (Wildman–Crippen LogP) is 3.12. The molecule has 0 radical (unpaired) electrons. The molecule has 3 fully saturated rings. The van der Waals surface area contributed by atoms with Crippen molar-refractivity contribution < 1.29 is 14.9 Å².